The van der Waals surface area contributed by atoms with Crippen LogP contribution in [0.5, 0.6) is 0 Å². The van der Waals surface area contributed by atoms with Gasteiger partial charge < -0.3 is 20.6 Å². The zero-order valence-electron chi connectivity index (χ0n) is 37.6. The lowest BCUT2D eigenvalue weighted by molar-refractivity contribution is -0.124. The smallest absolute Gasteiger partial charge is 0.220 e. The van der Waals surface area contributed by atoms with Gasteiger partial charge in [-0.25, -0.2) is 0 Å². The molecule has 0 heterocycles. The highest BCUT2D eigenvalue weighted by atomic mass is 16.3. The molecule has 0 fully saturated rings. The predicted molar refractivity (Wildman–Crippen MR) is 241 cm³/mol. The van der Waals surface area contributed by atoms with Crippen LogP contribution in [0.1, 0.15) is 290 Å². The maximum Gasteiger partial charge on any atom is 0.220 e. The summed E-state index contributed by atoms with van der Waals surface area (Å²) in [5, 5.41) is 33.7. The largest absolute Gasteiger partial charge is 0.394 e. The van der Waals surface area contributed by atoms with Gasteiger partial charge in [-0.3, -0.25) is 4.79 Å². The standard InChI is InChI=1S/C50H101NO4/c1-3-5-7-9-11-13-15-17-19-21-23-25-27-29-31-33-35-37-39-41-43-45-49(54)51-47(46-52)50(55)48(53)44-42-40-38-36-34-32-30-28-26-24-22-20-18-16-14-12-10-8-6-4-2/h47-48,50,52-53,55H,3-46H2,1-2H3,(H,51,54). The second kappa shape index (κ2) is 46.0. The minimum absolute atomic E-state index is 0.137. The van der Waals surface area contributed by atoms with E-state index >= 15 is 0 Å². The lowest BCUT2D eigenvalue weighted by Gasteiger charge is -2.26. The quantitative estimate of drug-likeness (QED) is 0.0463. The number of aliphatic hydroxyl groups excluding tert-OH is 3. The molecule has 330 valence electrons. The summed E-state index contributed by atoms with van der Waals surface area (Å²) in [5.74, 6) is -0.137. The van der Waals surface area contributed by atoms with Crippen molar-refractivity contribution in [3.63, 3.8) is 0 Å². The number of hydrogen-bond donors (Lipinski definition) is 4. The highest BCUT2D eigenvalue weighted by molar-refractivity contribution is 5.76. The van der Waals surface area contributed by atoms with E-state index in [9.17, 15) is 20.1 Å². The molecule has 3 unspecified atom stereocenters. The van der Waals surface area contributed by atoms with E-state index in [0.717, 1.165) is 32.1 Å². The highest BCUT2D eigenvalue weighted by Gasteiger charge is 2.26. The summed E-state index contributed by atoms with van der Waals surface area (Å²) in [6.07, 6.45) is 53.7. The van der Waals surface area contributed by atoms with Crippen molar-refractivity contribution in [1.82, 2.24) is 5.32 Å². The van der Waals surface area contributed by atoms with Crippen molar-refractivity contribution < 1.29 is 20.1 Å². The molecule has 3 atom stereocenters. The minimum atomic E-state index is -1.13. The normalized spacial score (nSPS) is 13.3. The monoisotopic (exact) mass is 780 g/mol. The van der Waals surface area contributed by atoms with Crippen LogP contribution in [0.25, 0.3) is 0 Å². The highest BCUT2D eigenvalue weighted by Crippen LogP contribution is 2.18. The first-order chi connectivity index (χ1) is 27.1. The zero-order chi connectivity index (χ0) is 40.1. The Morgan fingerprint density at radius 2 is 0.618 bits per heavy atom. The van der Waals surface area contributed by atoms with E-state index in [4.69, 9.17) is 0 Å². The Bertz CT molecular complexity index is 733. The summed E-state index contributed by atoms with van der Waals surface area (Å²) in [6.45, 7) is 4.22. The second-order valence-electron chi connectivity index (χ2n) is 17.7. The summed E-state index contributed by atoms with van der Waals surface area (Å²) in [5.41, 5.74) is 0. The van der Waals surface area contributed by atoms with Gasteiger partial charge >= 0.3 is 0 Å². The van der Waals surface area contributed by atoms with Crippen molar-refractivity contribution in [2.24, 2.45) is 0 Å². The summed E-state index contributed by atoms with van der Waals surface area (Å²) in [6, 6.07) is -0.803. The van der Waals surface area contributed by atoms with Crippen LogP contribution in [-0.4, -0.2) is 46.1 Å². The Morgan fingerprint density at radius 1 is 0.382 bits per heavy atom. The summed E-state index contributed by atoms with van der Waals surface area (Å²) >= 11 is 0. The molecule has 1 amide bonds. The Balaban J connectivity index is 3.53. The van der Waals surface area contributed by atoms with E-state index in [0.29, 0.717) is 12.8 Å². The first-order valence-corrected chi connectivity index (χ1v) is 25.3. The van der Waals surface area contributed by atoms with E-state index in [1.807, 2.05) is 0 Å². The Kier molecular flexibility index (Phi) is 45.5. The van der Waals surface area contributed by atoms with E-state index in [1.165, 1.54) is 231 Å². The van der Waals surface area contributed by atoms with Gasteiger partial charge in [-0.15, -0.1) is 0 Å². The third-order valence-corrected chi connectivity index (χ3v) is 12.2. The number of carbonyl (C=O) groups excluding carboxylic acids is 1. The van der Waals surface area contributed by atoms with Gasteiger partial charge in [0.05, 0.1) is 18.8 Å². The van der Waals surface area contributed by atoms with Crippen molar-refractivity contribution in [1.29, 1.82) is 0 Å². The van der Waals surface area contributed by atoms with Gasteiger partial charge in [0.15, 0.2) is 0 Å². The van der Waals surface area contributed by atoms with Gasteiger partial charge in [0.1, 0.15) is 6.10 Å². The molecule has 0 spiro atoms. The van der Waals surface area contributed by atoms with Crippen LogP contribution in [0.4, 0.5) is 0 Å². The van der Waals surface area contributed by atoms with Crippen LogP contribution in [0.3, 0.4) is 0 Å². The SMILES string of the molecule is CCCCCCCCCCCCCCCCCCCCCCCC(=O)NC(CO)C(O)C(O)CCCCCCCCCCCCCCCCCCCCCC. The van der Waals surface area contributed by atoms with Gasteiger partial charge in [0.2, 0.25) is 5.91 Å². The van der Waals surface area contributed by atoms with E-state index < -0.39 is 18.2 Å². The fourth-order valence-corrected chi connectivity index (χ4v) is 8.28. The van der Waals surface area contributed by atoms with Gasteiger partial charge in [0.25, 0.3) is 0 Å². The third kappa shape index (κ3) is 41.3. The summed E-state index contributed by atoms with van der Waals surface area (Å²) in [7, 11) is 0. The first-order valence-electron chi connectivity index (χ1n) is 25.3. The number of unbranched alkanes of at least 4 members (excludes halogenated alkanes) is 39. The van der Waals surface area contributed by atoms with Gasteiger partial charge in [0, 0.05) is 6.42 Å². The molecule has 55 heavy (non-hydrogen) atoms. The van der Waals surface area contributed by atoms with E-state index in [-0.39, 0.29) is 12.5 Å². The fourth-order valence-electron chi connectivity index (χ4n) is 8.28. The number of carbonyl (C=O) groups is 1. The average molecular weight is 780 g/mol. The Morgan fingerprint density at radius 3 is 0.873 bits per heavy atom. The van der Waals surface area contributed by atoms with Crippen molar-refractivity contribution in [2.45, 2.75) is 308 Å². The minimum Gasteiger partial charge on any atom is -0.394 e. The number of amides is 1. The Labute approximate surface area is 345 Å². The molecule has 0 aliphatic carbocycles. The van der Waals surface area contributed by atoms with Crippen LogP contribution >= 0.6 is 0 Å². The molecule has 0 saturated heterocycles. The van der Waals surface area contributed by atoms with Crippen molar-refractivity contribution in [2.75, 3.05) is 6.61 Å². The predicted octanol–water partition coefficient (Wildman–Crippen LogP) is 15.0. The van der Waals surface area contributed by atoms with Crippen LogP contribution < -0.4 is 5.32 Å². The average Bonchev–Trinajstić information content (AvgIpc) is 3.19. The van der Waals surface area contributed by atoms with E-state index in [1.54, 1.807) is 0 Å². The van der Waals surface area contributed by atoms with Crippen molar-refractivity contribution >= 4 is 5.91 Å². The molecule has 4 N–H and O–H groups in total. The first kappa shape index (κ1) is 54.3. The van der Waals surface area contributed by atoms with Gasteiger partial charge in [-0.05, 0) is 12.8 Å². The molecule has 0 bridgehead atoms. The number of aliphatic hydroxyl groups is 3. The van der Waals surface area contributed by atoms with Crippen molar-refractivity contribution in [3.05, 3.63) is 0 Å². The molecule has 0 saturated carbocycles. The second-order valence-corrected chi connectivity index (χ2v) is 17.7. The van der Waals surface area contributed by atoms with Crippen LogP contribution in [0.15, 0.2) is 0 Å². The maximum absolute atomic E-state index is 12.5. The van der Waals surface area contributed by atoms with Crippen molar-refractivity contribution in [3.8, 4) is 0 Å². The molecule has 0 aromatic rings. The molecule has 0 rings (SSSR count). The number of nitrogens with one attached hydrogen (secondary N) is 1. The fraction of sp³-hybridized carbons (Fsp3) is 0.980. The molecule has 0 aromatic carbocycles. The summed E-state index contributed by atoms with van der Waals surface area (Å²) < 4.78 is 0. The molecule has 0 aliphatic heterocycles. The maximum atomic E-state index is 12.5. The zero-order valence-corrected chi connectivity index (χ0v) is 37.6. The molecule has 5 heteroatoms. The topological polar surface area (TPSA) is 89.8 Å². The molecule has 0 radical (unpaired) electrons. The molecule has 5 nitrogen and oxygen atoms in total. The van der Waals surface area contributed by atoms with Gasteiger partial charge in [-0.1, -0.05) is 271 Å². The third-order valence-electron chi connectivity index (χ3n) is 12.2. The Hall–Kier alpha value is -0.650. The summed E-state index contributed by atoms with van der Waals surface area (Å²) in [4.78, 5) is 12.5. The van der Waals surface area contributed by atoms with Gasteiger partial charge in [-0.2, -0.15) is 0 Å². The van der Waals surface area contributed by atoms with Crippen LogP contribution in [0.2, 0.25) is 0 Å². The molecule has 0 aromatic heterocycles. The van der Waals surface area contributed by atoms with Crippen LogP contribution in [0, 0.1) is 0 Å². The number of rotatable bonds is 47. The van der Waals surface area contributed by atoms with Crippen LogP contribution in [-0.2, 0) is 4.79 Å². The number of hydrogen-bond acceptors (Lipinski definition) is 4. The molecule has 0 aliphatic rings. The molecular formula is C50H101NO4. The lowest BCUT2D eigenvalue weighted by Crippen LogP contribution is -2.50. The van der Waals surface area contributed by atoms with E-state index in [2.05, 4.69) is 19.2 Å². The lowest BCUT2D eigenvalue weighted by atomic mass is 9.99. The molecular weight excluding hydrogens is 679 g/mol.